The maximum absolute atomic E-state index is 3.62. The maximum Gasteiger partial charge on any atom is 0.0223 e. The summed E-state index contributed by atoms with van der Waals surface area (Å²) in [4.78, 5) is 2.73. The minimum absolute atomic E-state index is 0.601. The molecule has 1 unspecified atom stereocenters. The molecule has 102 valence electrons. The van der Waals surface area contributed by atoms with Gasteiger partial charge in [0, 0.05) is 31.2 Å². The Morgan fingerprint density at radius 3 is 2.24 bits per heavy atom. The van der Waals surface area contributed by atoms with Gasteiger partial charge in [0.1, 0.15) is 0 Å². The third-order valence-corrected chi connectivity index (χ3v) is 3.68. The van der Waals surface area contributed by atoms with Crippen molar-refractivity contribution in [2.24, 2.45) is 5.92 Å². The number of hydrogen-bond acceptors (Lipinski definition) is 2. The molecule has 1 fully saturated rings. The third-order valence-electron chi connectivity index (χ3n) is 3.68. The van der Waals surface area contributed by atoms with Crippen LogP contribution in [0.4, 0.5) is 0 Å². The van der Waals surface area contributed by atoms with Crippen molar-refractivity contribution < 1.29 is 0 Å². The van der Waals surface area contributed by atoms with Gasteiger partial charge in [0.15, 0.2) is 0 Å². The molecule has 0 aromatic carbocycles. The topological polar surface area (TPSA) is 15.3 Å². The van der Waals surface area contributed by atoms with Gasteiger partial charge < -0.3 is 5.32 Å². The Bertz CT molecular complexity index is 197. The van der Waals surface area contributed by atoms with E-state index < -0.39 is 0 Å². The first-order valence-electron chi connectivity index (χ1n) is 7.53. The molecule has 0 heterocycles. The molecule has 2 heteroatoms. The molecule has 0 bridgehead atoms. The van der Waals surface area contributed by atoms with E-state index in [2.05, 4.69) is 44.8 Å². The van der Waals surface area contributed by atoms with Gasteiger partial charge in [-0.3, -0.25) is 4.90 Å². The lowest BCUT2D eigenvalue weighted by atomic mass is 10.1. The van der Waals surface area contributed by atoms with Crippen molar-refractivity contribution in [1.29, 1.82) is 0 Å². The molecule has 1 aliphatic carbocycles. The van der Waals surface area contributed by atoms with Gasteiger partial charge in [0.25, 0.3) is 0 Å². The largest absolute Gasteiger partial charge is 0.313 e. The average molecular weight is 240 g/mol. The van der Waals surface area contributed by atoms with Gasteiger partial charge >= 0.3 is 0 Å². The summed E-state index contributed by atoms with van der Waals surface area (Å²) in [6.45, 7) is 13.9. The van der Waals surface area contributed by atoms with E-state index in [9.17, 15) is 0 Å². The van der Waals surface area contributed by atoms with Gasteiger partial charge in [-0.25, -0.2) is 0 Å². The quantitative estimate of drug-likeness (QED) is 0.665. The Hall–Kier alpha value is -0.0800. The van der Waals surface area contributed by atoms with Crippen molar-refractivity contribution in [3.8, 4) is 0 Å². The molecule has 1 N–H and O–H groups in total. The second-order valence-corrected chi connectivity index (χ2v) is 6.24. The van der Waals surface area contributed by atoms with Crippen molar-refractivity contribution in [2.45, 2.75) is 78.4 Å². The lowest BCUT2D eigenvalue weighted by Crippen LogP contribution is -2.48. The van der Waals surface area contributed by atoms with Crippen LogP contribution in [-0.4, -0.2) is 36.1 Å². The second-order valence-electron chi connectivity index (χ2n) is 6.24. The first kappa shape index (κ1) is 15.0. The minimum atomic E-state index is 0.601. The molecular formula is C15H32N2. The molecule has 1 atom stereocenters. The highest BCUT2D eigenvalue weighted by molar-refractivity contribution is 4.84. The summed E-state index contributed by atoms with van der Waals surface area (Å²) in [5.41, 5.74) is 0. The fourth-order valence-corrected chi connectivity index (χ4v) is 2.47. The zero-order chi connectivity index (χ0) is 12.8. The van der Waals surface area contributed by atoms with Crippen molar-refractivity contribution in [2.75, 3.05) is 13.1 Å². The minimum Gasteiger partial charge on any atom is -0.313 e. The van der Waals surface area contributed by atoms with Crippen molar-refractivity contribution in [1.82, 2.24) is 10.2 Å². The summed E-state index contributed by atoms with van der Waals surface area (Å²) in [6.07, 6.45) is 5.53. The van der Waals surface area contributed by atoms with E-state index in [-0.39, 0.29) is 0 Å². The van der Waals surface area contributed by atoms with Gasteiger partial charge in [0.2, 0.25) is 0 Å². The zero-order valence-corrected chi connectivity index (χ0v) is 12.5. The Labute approximate surface area is 108 Å². The second kappa shape index (κ2) is 7.38. The van der Waals surface area contributed by atoms with Gasteiger partial charge in [-0.15, -0.1) is 0 Å². The Kier molecular flexibility index (Phi) is 6.50. The Balaban J connectivity index is 2.48. The van der Waals surface area contributed by atoms with E-state index in [1.54, 1.807) is 0 Å². The summed E-state index contributed by atoms with van der Waals surface area (Å²) in [7, 11) is 0. The highest BCUT2D eigenvalue weighted by Gasteiger charge is 2.29. The molecule has 1 aliphatic rings. The van der Waals surface area contributed by atoms with E-state index in [0.717, 1.165) is 18.5 Å². The number of hydrogen-bond donors (Lipinski definition) is 1. The van der Waals surface area contributed by atoms with Crippen molar-refractivity contribution >= 4 is 0 Å². The highest BCUT2D eigenvalue weighted by Crippen LogP contribution is 2.31. The van der Waals surface area contributed by atoms with Crippen LogP contribution in [0.1, 0.15) is 60.3 Å². The lowest BCUT2D eigenvalue weighted by Gasteiger charge is -2.36. The molecular weight excluding hydrogens is 208 g/mol. The molecule has 0 aromatic heterocycles. The number of nitrogens with zero attached hydrogens (tertiary/aromatic N) is 1. The average Bonchev–Trinajstić information content (AvgIpc) is 3.04. The Morgan fingerprint density at radius 2 is 1.82 bits per heavy atom. The summed E-state index contributed by atoms with van der Waals surface area (Å²) in [5, 5.41) is 3.62. The normalized spacial score (nSPS) is 18.4. The standard InChI is InChI=1S/C15H32N2/c1-6-7-15(10-16-12(2)3)17(13(4)5)11-14-8-9-14/h12-16H,6-11H2,1-5H3. The van der Waals surface area contributed by atoms with E-state index >= 15 is 0 Å². The molecule has 2 nitrogen and oxygen atoms in total. The van der Waals surface area contributed by atoms with Crippen LogP contribution in [0, 0.1) is 5.92 Å². The van der Waals surface area contributed by atoms with Crippen LogP contribution in [0.5, 0.6) is 0 Å². The smallest absolute Gasteiger partial charge is 0.0223 e. The van der Waals surface area contributed by atoms with Crippen LogP contribution in [0.15, 0.2) is 0 Å². The summed E-state index contributed by atoms with van der Waals surface area (Å²) < 4.78 is 0. The predicted octanol–water partition coefficient (Wildman–Crippen LogP) is 3.27. The molecule has 0 amide bonds. The first-order chi connectivity index (χ1) is 8.04. The lowest BCUT2D eigenvalue weighted by molar-refractivity contribution is 0.133. The predicted molar refractivity (Wildman–Crippen MR) is 76.4 cm³/mol. The number of rotatable bonds is 9. The fourth-order valence-electron chi connectivity index (χ4n) is 2.47. The van der Waals surface area contributed by atoms with Gasteiger partial charge in [-0.2, -0.15) is 0 Å². The van der Waals surface area contributed by atoms with Crippen LogP contribution in [0.25, 0.3) is 0 Å². The summed E-state index contributed by atoms with van der Waals surface area (Å²) in [5.74, 6) is 0.996. The maximum atomic E-state index is 3.62. The first-order valence-corrected chi connectivity index (χ1v) is 7.53. The highest BCUT2D eigenvalue weighted by atomic mass is 15.2. The Morgan fingerprint density at radius 1 is 1.18 bits per heavy atom. The molecule has 1 rings (SSSR count). The van der Waals surface area contributed by atoms with Crippen LogP contribution >= 0.6 is 0 Å². The van der Waals surface area contributed by atoms with Crippen LogP contribution in [-0.2, 0) is 0 Å². The molecule has 0 spiro atoms. The van der Waals surface area contributed by atoms with E-state index in [1.165, 1.54) is 32.2 Å². The summed E-state index contributed by atoms with van der Waals surface area (Å²) >= 11 is 0. The molecule has 17 heavy (non-hydrogen) atoms. The molecule has 0 radical (unpaired) electrons. The van der Waals surface area contributed by atoms with Crippen molar-refractivity contribution in [3.05, 3.63) is 0 Å². The van der Waals surface area contributed by atoms with Crippen molar-refractivity contribution in [3.63, 3.8) is 0 Å². The van der Waals surface area contributed by atoms with Gasteiger partial charge in [-0.05, 0) is 39.0 Å². The molecule has 0 aromatic rings. The fraction of sp³-hybridized carbons (Fsp3) is 1.00. The van der Waals surface area contributed by atoms with Gasteiger partial charge in [0.05, 0.1) is 0 Å². The third kappa shape index (κ3) is 5.87. The van der Waals surface area contributed by atoms with Crippen LogP contribution in [0.3, 0.4) is 0 Å². The zero-order valence-electron chi connectivity index (χ0n) is 12.5. The van der Waals surface area contributed by atoms with E-state index in [4.69, 9.17) is 0 Å². The van der Waals surface area contributed by atoms with Crippen LogP contribution in [0.2, 0.25) is 0 Å². The molecule has 1 saturated carbocycles. The molecule has 0 saturated heterocycles. The SMILES string of the molecule is CCCC(CNC(C)C)N(CC1CC1)C(C)C. The van der Waals surface area contributed by atoms with E-state index in [0.29, 0.717) is 12.1 Å². The molecule has 0 aliphatic heterocycles. The van der Waals surface area contributed by atoms with Gasteiger partial charge in [-0.1, -0.05) is 27.2 Å². The van der Waals surface area contributed by atoms with E-state index in [1.807, 2.05) is 0 Å². The van der Waals surface area contributed by atoms with Crippen LogP contribution < -0.4 is 5.32 Å². The summed E-state index contributed by atoms with van der Waals surface area (Å²) in [6, 6.07) is 2.01. The number of nitrogens with one attached hydrogen (secondary N) is 1. The monoisotopic (exact) mass is 240 g/mol.